The highest BCUT2D eigenvalue weighted by Gasteiger charge is 2.23. The van der Waals surface area contributed by atoms with E-state index in [-0.39, 0.29) is 5.92 Å². The summed E-state index contributed by atoms with van der Waals surface area (Å²) in [6.07, 6.45) is 5.45. The van der Waals surface area contributed by atoms with Gasteiger partial charge in [0.2, 0.25) is 0 Å². The van der Waals surface area contributed by atoms with E-state index in [0.29, 0.717) is 12.3 Å². The maximum absolute atomic E-state index is 12.1. The zero-order valence-corrected chi connectivity index (χ0v) is 9.61. The van der Waals surface area contributed by atoms with Gasteiger partial charge in [0, 0.05) is 11.5 Å². The molecule has 2 heteroatoms. The summed E-state index contributed by atoms with van der Waals surface area (Å²) in [5.41, 5.74) is 7.57. The first-order valence-corrected chi connectivity index (χ1v) is 6.14. The average Bonchev–Trinajstić information content (AvgIpc) is 2.83. The molecule has 0 aliphatic heterocycles. The lowest BCUT2D eigenvalue weighted by atomic mass is 9.95. The van der Waals surface area contributed by atoms with Crippen LogP contribution in [-0.2, 0) is 6.42 Å². The van der Waals surface area contributed by atoms with Crippen molar-refractivity contribution in [2.24, 2.45) is 11.7 Å². The van der Waals surface area contributed by atoms with Gasteiger partial charge in [0.25, 0.3) is 0 Å². The molecule has 1 aliphatic carbocycles. The Labute approximate surface area is 96.8 Å². The van der Waals surface area contributed by atoms with E-state index in [9.17, 15) is 4.79 Å². The molecule has 0 heterocycles. The molecule has 1 fully saturated rings. The van der Waals surface area contributed by atoms with E-state index in [1.165, 1.54) is 18.4 Å². The number of carbonyl (C=O) groups excluding carboxylic acids is 1. The topological polar surface area (TPSA) is 43.1 Å². The van der Waals surface area contributed by atoms with Crippen molar-refractivity contribution in [3.63, 3.8) is 0 Å². The molecule has 2 rings (SSSR count). The Hall–Kier alpha value is -1.15. The van der Waals surface area contributed by atoms with Crippen LogP contribution >= 0.6 is 0 Å². The molecule has 0 aromatic heterocycles. The molecule has 0 unspecified atom stereocenters. The normalized spacial score (nSPS) is 16.6. The fourth-order valence-corrected chi connectivity index (χ4v) is 2.43. The lowest BCUT2D eigenvalue weighted by Crippen LogP contribution is -2.11. The van der Waals surface area contributed by atoms with Crippen LogP contribution in [0.25, 0.3) is 0 Å². The summed E-state index contributed by atoms with van der Waals surface area (Å²) in [7, 11) is 0. The van der Waals surface area contributed by atoms with E-state index < -0.39 is 0 Å². The van der Waals surface area contributed by atoms with E-state index in [1.54, 1.807) is 0 Å². The fourth-order valence-electron chi connectivity index (χ4n) is 2.43. The SMILES string of the molecule is NCCc1ccc(C(=O)C2CCCC2)cc1. The summed E-state index contributed by atoms with van der Waals surface area (Å²) in [5, 5.41) is 0. The van der Waals surface area contributed by atoms with Crippen molar-refractivity contribution in [3.8, 4) is 0 Å². The van der Waals surface area contributed by atoms with E-state index in [2.05, 4.69) is 0 Å². The van der Waals surface area contributed by atoms with Gasteiger partial charge in [-0.2, -0.15) is 0 Å². The number of rotatable bonds is 4. The summed E-state index contributed by atoms with van der Waals surface area (Å²) in [6, 6.07) is 7.95. The van der Waals surface area contributed by atoms with Gasteiger partial charge in [-0.15, -0.1) is 0 Å². The molecule has 86 valence electrons. The van der Waals surface area contributed by atoms with Crippen LogP contribution < -0.4 is 5.73 Å². The van der Waals surface area contributed by atoms with Gasteiger partial charge in [-0.1, -0.05) is 37.1 Å². The third-order valence-corrected chi connectivity index (χ3v) is 3.40. The third kappa shape index (κ3) is 2.50. The lowest BCUT2D eigenvalue weighted by molar-refractivity contribution is 0.0923. The van der Waals surface area contributed by atoms with Crippen LogP contribution in [0.1, 0.15) is 41.6 Å². The van der Waals surface area contributed by atoms with Crippen LogP contribution in [0.15, 0.2) is 24.3 Å². The van der Waals surface area contributed by atoms with E-state index in [0.717, 1.165) is 24.8 Å². The van der Waals surface area contributed by atoms with E-state index in [1.807, 2.05) is 24.3 Å². The molecular weight excluding hydrogens is 198 g/mol. The Balaban J connectivity index is 2.05. The molecule has 1 aliphatic rings. The highest BCUT2D eigenvalue weighted by molar-refractivity contribution is 5.98. The predicted molar refractivity (Wildman–Crippen MR) is 65.5 cm³/mol. The number of ketones is 1. The van der Waals surface area contributed by atoms with Crippen LogP contribution in [0.4, 0.5) is 0 Å². The molecule has 0 bridgehead atoms. The molecule has 0 spiro atoms. The number of hydrogen-bond donors (Lipinski definition) is 1. The summed E-state index contributed by atoms with van der Waals surface area (Å²) < 4.78 is 0. The van der Waals surface area contributed by atoms with Crippen molar-refractivity contribution in [3.05, 3.63) is 35.4 Å². The predicted octanol–water partition coefficient (Wildman–Crippen LogP) is 2.56. The minimum Gasteiger partial charge on any atom is -0.330 e. The average molecular weight is 217 g/mol. The summed E-state index contributed by atoms with van der Waals surface area (Å²) >= 11 is 0. The summed E-state index contributed by atoms with van der Waals surface area (Å²) in [5.74, 6) is 0.608. The van der Waals surface area contributed by atoms with Gasteiger partial charge in [-0.3, -0.25) is 4.79 Å². The van der Waals surface area contributed by atoms with Gasteiger partial charge in [0.15, 0.2) is 5.78 Å². The second-order valence-electron chi connectivity index (χ2n) is 4.58. The number of hydrogen-bond acceptors (Lipinski definition) is 2. The van der Waals surface area contributed by atoms with Crippen molar-refractivity contribution in [1.29, 1.82) is 0 Å². The van der Waals surface area contributed by atoms with Gasteiger partial charge in [-0.25, -0.2) is 0 Å². The van der Waals surface area contributed by atoms with Gasteiger partial charge >= 0.3 is 0 Å². The van der Waals surface area contributed by atoms with Crippen LogP contribution in [-0.4, -0.2) is 12.3 Å². The number of benzene rings is 1. The monoisotopic (exact) mass is 217 g/mol. The smallest absolute Gasteiger partial charge is 0.165 e. The standard InChI is InChI=1S/C14H19NO/c15-10-9-11-5-7-13(8-6-11)14(16)12-3-1-2-4-12/h5-8,12H,1-4,9-10,15H2. The Morgan fingerprint density at radius 3 is 2.38 bits per heavy atom. The number of nitrogens with two attached hydrogens (primary N) is 1. The highest BCUT2D eigenvalue weighted by Crippen LogP contribution is 2.28. The van der Waals surface area contributed by atoms with Crippen molar-refractivity contribution in [1.82, 2.24) is 0 Å². The highest BCUT2D eigenvalue weighted by atomic mass is 16.1. The lowest BCUT2D eigenvalue weighted by Gasteiger charge is -2.08. The quantitative estimate of drug-likeness (QED) is 0.788. The molecule has 1 aromatic carbocycles. The molecule has 0 amide bonds. The Morgan fingerprint density at radius 1 is 1.19 bits per heavy atom. The molecule has 1 saturated carbocycles. The fraction of sp³-hybridized carbons (Fsp3) is 0.500. The van der Waals surface area contributed by atoms with Gasteiger partial charge < -0.3 is 5.73 Å². The number of Topliss-reactive ketones (excluding diaryl/α,β-unsaturated/α-hetero) is 1. The van der Waals surface area contributed by atoms with Crippen molar-refractivity contribution < 1.29 is 4.79 Å². The van der Waals surface area contributed by atoms with Crippen molar-refractivity contribution in [2.75, 3.05) is 6.54 Å². The first kappa shape index (κ1) is 11.3. The molecule has 0 saturated heterocycles. The second-order valence-corrected chi connectivity index (χ2v) is 4.58. The Bertz CT molecular complexity index is 350. The van der Waals surface area contributed by atoms with Gasteiger partial charge in [0.1, 0.15) is 0 Å². The van der Waals surface area contributed by atoms with Crippen LogP contribution in [0.5, 0.6) is 0 Å². The van der Waals surface area contributed by atoms with Crippen molar-refractivity contribution >= 4 is 5.78 Å². The third-order valence-electron chi connectivity index (χ3n) is 3.40. The van der Waals surface area contributed by atoms with E-state index >= 15 is 0 Å². The Morgan fingerprint density at radius 2 is 1.81 bits per heavy atom. The molecule has 1 aromatic rings. The molecular formula is C14H19NO. The molecule has 2 N–H and O–H groups in total. The second kappa shape index (κ2) is 5.26. The Kier molecular flexibility index (Phi) is 3.73. The summed E-state index contributed by atoms with van der Waals surface area (Å²) in [4.78, 5) is 12.1. The maximum atomic E-state index is 12.1. The number of carbonyl (C=O) groups is 1. The largest absolute Gasteiger partial charge is 0.330 e. The van der Waals surface area contributed by atoms with Gasteiger partial charge in [0.05, 0.1) is 0 Å². The molecule has 16 heavy (non-hydrogen) atoms. The minimum atomic E-state index is 0.278. The maximum Gasteiger partial charge on any atom is 0.165 e. The van der Waals surface area contributed by atoms with Crippen LogP contribution in [0, 0.1) is 5.92 Å². The van der Waals surface area contributed by atoms with Crippen LogP contribution in [0.3, 0.4) is 0 Å². The summed E-state index contributed by atoms with van der Waals surface area (Å²) in [6.45, 7) is 0.663. The van der Waals surface area contributed by atoms with Gasteiger partial charge in [-0.05, 0) is 31.4 Å². The molecule has 0 atom stereocenters. The first-order chi connectivity index (χ1) is 7.81. The zero-order chi connectivity index (χ0) is 11.4. The zero-order valence-electron chi connectivity index (χ0n) is 9.61. The van der Waals surface area contributed by atoms with Crippen LogP contribution in [0.2, 0.25) is 0 Å². The molecule has 2 nitrogen and oxygen atoms in total. The minimum absolute atomic E-state index is 0.278. The van der Waals surface area contributed by atoms with Crippen molar-refractivity contribution in [2.45, 2.75) is 32.1 Å². The first-order valence-electron chi connectivity index (χ1n) is 6.14. The van der Waals surface area contributed by atoms with E-state index in [4.69, 9.17) is 5.73 Å². The molecule has 0 radical (unpaired) electrons.